The molecule has 1 unspecified atom stereocenters. The van der Waals surface area contributed by atoms with Crippen molar-refractivity contribution >= 4 is 23.7 Å². The van der Waals surface area contributed by atoms with E-state index in [2.05, 4.69) is 5.32 Å². The molecule has 0 radical (unpaired) electrons. The van der Waals surface area contributed by atoms with Crippen molar-refractivity contribution < 1.29 is 19.1 Å². The third-order valence-corrected chi connectivity index (χ3v) is 4.85. The van der Waals surface area contributed by atoms with Crippen LogP contribution in [0.25, 0.3) is 0 Å². The van der Waals surface area contributed by atoms with Gasteiger partial charge in [-0.2, -0.15) is 0 Å². The topological polar surface area (TPSA) is 64.6 Å². The number of rotatable bonds is 5. The summed E-state index contributed by atoms with van der Waals surface area (Å²) in [4.78, 5) is 26.1. The molecule has 0 bridgehead atoms. The van der Waals surface area contributed by atoms with E-state index < -0.39 is 17.9 Å². The van der Waals surface area contributed by atoms with E-state index in [4.69, 9.17) is 9.47 Å². The lowest BCUT2D eigenvalue weighted by molar-refractivity contribution is -0.139. The molecule has 2 rings (SSSR count). The molecule has 0 fully saturated rings. The molecule has 5 nitrogen and oxygen atoms in total. The summed E-state index contributed by atoms with van der Waals surface area (Å²) in [5, 5.41) is 3.11. The number of hydrogen-bond donors (Lipinski definition) is 1. The van der Waals surface area contributed by atoms with Gasteiger partial charge in [0.2, 0.25) is 0 Å². The zero-order chi connectivity index (χ0) is 18.6. The van der Waals surface area contributed by atoms with Crippen molar-refractivity contribution in [2.75, 3.05) is 20.0 Å². The zero-order valence-electron chi connectivity index (χ0n) is 15.1. The molecular weight excluding hydrogens is 338 g/mol. The molecule has 0 aliphatic carbocycles. The van der Waals surface area contributed by atoms with Crippen molar-refractivity contribution in [1.29, 1.82) is 0 Å². The largest absolute Gasteiger partial charge is 0.466 e. The van der Waals surface area contributed by atoms with Crippen molar-refractivity contribution in [1.82, 2.24) is 5.32 Å². The highest BCUT2D eigenvalue weighted by Crippen LogP contribution is 2.39. The van der Waals surface area contributed by atoms with Gasteiger partial charge in [-0.25, -0.2) is 9.59 Å². The van der Waals surface area contributed by atoms with Crippen LogP contribution in [0.5, 0.6) is 0 Å². The second kappa shape index (κ2) is 8.25. The number of carbonyl (C=O) groups excluding carboxylic acids is 2. The van der Waals surface area contributed by atoms with Crippen LogP contribution in [0.2, 0.25) is 0 Å². The molecule has 0 spiro atoms. The van der Waals surface area contributed by atoms with Gasteiger partial charge in [-0.15, -0.1) is 11.8 Å². The summed E-state index contributed by atoms with van der Waals surface area (Å²) in [6, 6.07) is 7.82. The normalized spacial score (nSPS) is 17.2. The predicted molar refractivity (Wildman–Crippen MR) is 98.1 cm³/mol. The molecule has 1 aliphatic heterocycles. The predicted octanol–water partition coefficient (Wildman–Crippen LogP) is 3.38. The van der Waals surface area contributed by atoms with Gasteiger partial charge in [0.15, 0.2) is 0 Å². The molecule has 1 atom stereocenters. The summed E-state index contributed by atoms with van der Waals surface area (Å²) in [5.41, 5.74) is 3.07. The van der Waals surface area contributed by atoms with E-state index in [9.17, 15) is 9.59 Å². The minimum absolute atomic E-state index is 0.268. The third kappa shape index (κ3) is 3.90. The van der Waals surface area contributed by atoms with Gasteiger partial charge in [-0.05, 0) is 44.7 Å². The maximum Gasteiger partial charge on any atom is 0.336 e. The van der Waals surface area contributed by atoms with Crippen LogP contribution in [0.1, 0.15) is 32.3 Å². The van der Waals surface area contributed by atoms with Crippen molar-refractivity contribution in [3.8, 4) is 0 Å². The number of allylic oxidation sites excluding steroid dienone is 2. The van der Waals surface area contributed by atoms with Crippen LogP contribution in [0.3, 0.4) is 0 Å². The Morgan fingerprint density at radius 2 is 1.64 bits per heavy atom. The van der Waals surface area contributed by atoms with Gasteiger partial charge in [-0.1, -0.05) is 12.1 Å². The summed E-state index contributed by atoms with van der Waals surface area (Å²) in [6.45, 7) is 5.65. The summed E-state index contributed by atoms with van der Waals surface area (Å²) in [5.74, 6) is -1.41. The number of nitrogens with one attached hydrogen (secondary N) is 1. The van der Waals surface area contributed by atoms with Crippen LogP contribution in [0.15, 0.2) is 51.7 Å². The molecule has 1 aromatic rings. The first-order valence-corrected chi connectivity index (χ1v) is 9.25. The highest BCUT2D eigenvalue weighted by atomic mass is 32.2. The molecule has 1 aromatic carbocycles. The van der Waals surface area contributed by atoms with Gasteiger partial charge < -0.3 is 14.8 Å². The van der Waals surface area contributed by atoms with E-state index >= 15 is 0 Å². The Morgan fingerprint density at radius 3 is 2.12 bits per heavy atom. The number of methoxy groups -OCH3 is 1. The maximum absolute atomic E-state index is 12.6. The second-order valence-corrected chi connectivity index (χ2v) is 6.50. The molecule has 25 heavy (non-hydrogen) atoms. The lowest BCUT2D eigenvalue weighted by Gasteiger charge is -2.30. The molecule has 0 amide bonds. The van der Waals surface area contributed by atoms with Crippen LogP contribution in [-0.4, -0.2) is 31.9 Å². The van der Waals surface area contributed by atoms with Crippen molar-refractivity contribution in [3.05, 3.63) is 52.4 Å². The smallest absolute Gasteiger partial charge is 0.336 e. The van der Waals surface area contributed by atoms with Gasteiger partial charge in [-0.3, -0.25) is 0 Å². The number of benzene rings is 1. The average molecular weight is 361 g/mol. The number of dihydropyridines is 1. The zero-order valence-corrected chi connectivity index (χ0v) is 16.0. The van der Waals surface area contributed by atoms with Gasteiger partial charge >= 0.3 is 11.9 Å². The number of esters is 2. The Morgan fingerprint density at radius 1 is 1.08 bits per heavy atom. The van der Waals surface area contributed by atoms with E-state index in [0.29, 0.717) is 22.5 Å². The number of carbonyl (C=O) groups is 2. The fraction of sp³-hybridized carbons (Fsp3) is 0.368. The summed E-state index contributed by atoms with van der Waals surface area (Å²) in [7, 11) is 1.34. The number of ether oxygens (including phenoxy) is 2. The third-order valence-electron chi connectivity index (χ3n) is 4.11. The standard InChI is InChI=1S/C19H23NO4S/c1-6-24-19(22)16-12(3)20-11(2)15(18(21)23-4)17(16)13-7-9-14(25-5)10-8-13/h7-10,17,20H,6H2,1-5H3. The highest BCUT2D eigenvalue weighted by molar-refractivity contribution is 7.98. The lowest BCUT2D eigenvalue weighted by atomic mass is 9.80. The van der Waals surface area contributed by atoms with E-state index in [1.54, 1.807) is 25.6 Å². The monoisotopic (exact) mass is 361 g/mol. The van der Waals surface area contributed by atoms with E-state index in [1.165, 1.54) is 7.11 Å². The molecule has 6 heteroatoms. The first kappa shape index (κ1) is 19.1. The minimum Gasteiger partial charge on any atom is -0.466 e. The first-order chi connectivity index (χ1) is 11.9. The number of thioether (sulfide) groups is 1. The minimum atomic E-state index is -0.524. The van der Waals surface area contributed by atoms with Crippen molar-refractivity contribution in [3.63, 3.8) is 0 Å². The SMILES string of the molecule is CCOC(=O)C1=C(C)NC(C)=C(C(=O)OC)C1c1ccc(SC)cc1. The Labute approximate surface area is 152 Å². The summed E-state index contributed by atoms with van der Waals surface area (Å²) < 4.78 is 10.2. The van der Waals surface area contributed by atoms with E-state index in [1.807, 2.05) is 37.4 Å². The van der Waals surface area contributed by atoms with Crippen LogP contribution in [0, 0.1) is 0 Å². The van der Waals surface area contributed by atoms with Gasteiger partial charge in [0.05, 0.1) is 30.8 Å². The molecule has 0 saturated heterocycles. The van der Waals surface area contributed by atoms with Gasteiger partial charge in [0.25, 0.3) is 0 Å². The molecule has 0 aromatic heterocycles. The van der Waals surface area contributed by atoms with E-state index in [0.717, 1.165) is 10.5 Å². The van der Waals surface area contributed by atoms with Crippen LogP contribution in [0.4, 0.5) is 0 Å². The van der Waals surface area contributed by atoms with Crippen molar-refractivity contribution in [2.45, 2.75) is 31.6 Å². The van der Waals surface area contributed by atoms with Crippen molar-refractivity contribution in [2.24, 2.45) is 0 Å². The molecular formula is C19H23NO4S. The van der Waals surface area contributed by atoms with Crippen LogP contribution < -0.4 is 5.32 Å². The average Bonchev–Trinajstić information content (AvgIpc) is 2.60. The van der Waals surface area contributed by atoms with Gasteiger partial charge in [0.1, 0.15) is 0 Å². The molecule has 134 valence electrons. The molecule has 1 heterocycles. The van der Waals surface area contributed by atoms with Crippen LogP contribution >= 0.6 is 11.8 Å². The highest BCUT2D eigenvalue weighted by Gasteiger charge is 2.37. The first-order valence-electron chi connectivity index (χ1n) is 8.02. The second-order valence-electron chi connectivity index (χ2n) is 5.62. The Kier molecular flexibility index (Phi) is 6.31. The fourth-order valence-corrected chi connectivity index (χ4v) is 3.39. The number of hydrogen-bond acceptors (Lipinski definition) is 6. The fourth-order valence-electron chi connectivity index (χ4n) is 2.98. The van der Waals surface area contributed by atoms with Gasteiger partial charge in [0, 0.05) is 16.3 Å². The quantitative estimate of drug-likeness (QED) is 0.641. The Bertz CT molecular complexity index is 734. The lowest BCUT2D eigenvalue weighted by Crippen LogP contribution is -2.32. The summed E-state index contributed by atoms with van der Waals surface area (Å²) in [6.07, 6.45) is 2.00. The van der Waals surface area contributed by atoms with E-state index in [-0.39, 0.29) is 6.61 Å². The maximum atomic E-state index is 12.6. The summed E-state index contributed by atoms with van der Waals surface area (Å²) >= 11 is 1.63. The molecule has 1 N–H and O–H groups in total. The Hall–Kier alpha value is -2.21. The van der Waals surface area contributed by atoms with Crippen LogP contribution in [-0.2, 0) is 19.1 Å². The molecule has 0 saturated carbocycles. The Balaban J connectivity index is 2.62. The molecule has 1 aliphatic rings.